The molecule has 3 heteroatoms. The molecule has 0 saturated carbocycles. The first kappa shape index (κ1) is 11.3. The molecular weight excluding hydrogens is 193 g/mol. The molecule has 0 aliphatic carbocycles. The van der Waals surface area contributed by atoms with E-state index in [-0.39, 0.29) is 11.7 Å². The van der Waals surface area contributed by atoms with Gasteiger partial charge >= 0.3 is 0 Å². The number of hydrogen-bond acceptors (Lipinski definition) is 1. The van der Waals surface area contributed by atoms with E-state index < -0.39 is 0 Å². The van der Waals surface area contributed by atoms with Gasteiger partial charge < -0.3 is 5.32 Å². The molecule has 0 aromatic heterocycles. The van der Waals surface area contributed by atoms with E-state index in [1.165, 1.54) is 12.1 Å². The quantitative estimate of drug-likeness (QED) is 0.731. The molecule has 0 bridgehead atoms. The van der Waals surface area contributed by atoms with E-state index in [0.717, 1.165) is 5.56 Å². The maximum absolute atomic E-state index is 12.5. The van der Waals surface area contributed by atoms with Crippen LogP contribution in [0.25, 0.3) is 0 Å². The molecule has 0 atom stereocenters. The van der Waals surface area contributed by atoms with Crippen LogP contribution in [0.2, 0.25) is 0 Å². The second-order valence-corrected chi connectivity index (χ2v) is 2.94. The summed E-state index contributed by atoms with van der Waals surface area (Å²) in [4.78, 5) is 10.8. The fraction of sp³-hybridized carbons (Fsp3) is 0.250. The average molecular weight is 205 g/mol. The van der Waals surface area contributed by atoms with Crippen LogP contribution in [0.4, 0.5) is 4.39 Å². The third-order valence-electron chi connectivity index (χ3n) is 1.77. The molecule has 0 spiro atoms. The number of benzene rings is 1. The van der Waals surface area contributed by atoms with Gasteiger partial charge in [-0.3, -0.25) is 4.79 Å². The Morgan fingerprint density at radius 1 is 1.40 bits per heavy atom. The summed E-state index contributed by atoms with van der Waals surface area (Å²) in [6.45, 7) is 2.10. The lowest BCUT2D eigenvalue weighted by molar-refractivity contribution is -0.120. The zero-order valence-electron chi connectivity index (χ0n) is 8.51. The van der Waals surface area contributed by atoms with Gasteiger partial charge in [0.15, 0.2) is 0 Å². The smallest absolute Gasteiger partial charge is 0.220 e. The van der Waals surface area contributed by atoms with Crippen molar-refractivity contribution in [1.82, 2.24) is 5.32 Å². The van der Waals surface area contributed by atoms with Crippen molar-refractivity contribution in [2.24, 2.45) is 0 Å². The topological polar surface area (TPSA) is 29.1 Å². The standard InChI is InChI=1S/C12H12FNO/c1-2-12(15)14-9-3-4-10-5-7-11(13)8-6-10/h5-8H,2,9H2,1H3,(H,14,15). The Balaban J connectivity index is 2.44. The Hall–Kier alpha value is -1.82. The monoisotopic (exact) mass is 205 g/mol. The molecule has 1 rings (SSSR count). The zero-order chi connectivity index (χ0) is 11.1. The summed E-state index contributed by atoms with van der Waals surface area (Å²) in [7, 11) is 0. The summed E-state index contributed by atoms with van der Waals surface area (Å²) >= 11 is 0. The largest absolute Gasteiger partial charge is 0.345 e. The Morgan fingerprint density at radius 2 is 2.07 bits per heavy atom. The number of amides is 1. The molecule has 0 unspecified atom stereocenters. The maximum atomic E-state index is 12.5. The highest BCUT2D eigenvalue weighted by Gasteiger charge is 1.91. The minimum Gasteiger partial charge on any atom is -0.345 e. The molecule has 0 saturated heterocycles. The van der Waals surface area contributed by atoms with Gasteiger partial charge in [-0.05, 0) is 24.3 Å². The van der Waals surface area contributed by atoms with Crippen molar-refractivity contribution >= 4 is 5.91 Å². The molecule has 0 radical (unpaired) electrons. The van der Waals surface area contributed by atoms with E-state index in [2.05, 4.69) is 17.2 Å². The van der Waals surface area contributed by atoms with Crippen molar-refractivity contribution < 1.29 is 9.18 Å². The number of carbonyl (C=O) groups is 1. The van der Waals surface area contributed by atoms with Gasteiger partial charge in [-0.1, -0.05) is 18.8 Å². The first-order valence-corrected chi connectivity index (χ1v) is 4.73. The van der Waals surface area contributed by atoms with Crippen LogP contribution < -0.4 is 5.32 Å². The average Bonchev–Trinajstić information content (AvgIpc) is 2.26. The first-order chi connectivity index (χ1) is 7.22. The molecule has 1 N–H and O–H groups in total. The van der Waals surface area contributed by atoms with Gasteiger partial charge in [0.2, 0.25) is 5.91 Å². The molecule has 0 aliphatic rings. The second kappa shape index (κ2) is 5.82. The van der Waals surface area contributed by atoms with E-state index in [4.69, 9.17) is 0 Å². The van der Waals surface area contributed by atoms with Gasteiger partial charge in [0.25, 0.3) is 0 Å². The predicted octanol–water partition coefficient (Wildman–Crippen LogP) is 1.70. The summed E-state index contributed by atoms with van der Waals surface area (Å²) in [6.07, 6.45) is 0.457. The highest BCUT2D eigenvalue weighted by molar-refractivity contribution is 5.75. The van der Waals surface area contributed by atoms with Crippen molar-refractivity contribution in [1.29, 1.82) is 0 Å². The normalized spacial score (nSPS) is 8.93. The van der Waals surface area contributed by atoms with Crippen molar-refractivity contribution in [3.63, 3.8) is 0 Å². The van der Waals surface area contributed by atoms with Crippen LogP contribution in [0.1, 0.15) is 18.9 Å². The molecule has 0 aliphatic heterocycles. The van der Waals surface area contributed by atoms with Crippen LogP contribution in [0, 0.1) is 17.7 Å². The van der Waals surface area contributed by atoms with Gasteiger partial charge in [-0.25, -0.2) is 4.39 Å². The van der Waals surface area contributed by atoms with Gasteiger partial charge in [0, 0.05) is 12.0 Å². The van der Waals surface area contributed by atoms with Crippen LogP contribution in [-0.2, 0) is 4.79 Å². The lowest BCUT2D eigenvalue weighted by Gasteiger charge is -1.95. The van der Waals surface area contributed by atoms with Crippen LogP contribution in [0.15, 0.2) is 24.3 Å². The lowest BCUT2D eigenvalue weighted by Crippen LogP contribution is -2.22. The Bertz CT molecular complexity index is 386. The highest BCUT2D eigenvalue weighted by Crippen LogP contribution is 2.00. The first-order valence-electron chi connectivity index (χ1n) is 4.73. The van der Waals surface area contributed by atoms with Gasteiger partial charge in [-0.2, -0.15) is 0 Å². The van der Waals surface area contributed by atoms with Crippen LogP contribution in [0.3, 0.4) is 0 Å². The van der Waals surface area contributed by atoms with Crippen LogP contribution in [-0.4, -0.2) is 12.5 Å². The Labute approximate surface area is 88.5 Å². The van der Waals surface area contributed by atoms with Gasteiger partial charge in [0.1, 0.15) is 5.82 Å². The zero-order valence-corrected chi connectivity index (χ0v) is 8.51. The van der Waals surface area contributed by atoms with Gasteiger partial charge in [-0.15, -0.1) is 0 Å². The van der Waals surface area contributed by atoms with E-state index in [9.17, 15) is 9.18 Å². The third kappa shape index (κ3) is 4.28. The molecule has 0 fully saturated rings. The maximum Gasteiger partial charge on any atom is 0.220 e. The summed E-state index contributed by atoms with van der Waals surface area (Å²) in [5.41, 5.74) is 0.738. The Morgan fingerprint density at radius 3 is 2.67 bits per heavy atom. The predicted molar refractivity (Wildman–Crippen MR) is 56.6 cm³/mol. The number of hydrogen-bond donors (Lipinski definition) is 1. The van der Waals surface area contributed by atoms with E-state index in [0.29, 0.717) is 13.0 Å². The van der Waals surface area contributed by atoms with E-state index in [1.54, 1.807) is 19.1 Å². The molecule has 15 heavy (non-hydrogen) atoms. The fourth-order valence-corrected chi connectivity index (χ4v) is 0.947. The van der Waals surface area contributed by atoms with Gasteiger partial charge in [0.05, 0.1) is 6.54 Å². The highest BCUT2D eigenvalue weighted by atomic mass is 19.1. The second-order valence-electron chi connectivity index (χ2n) is 2.94. The number of rotatable bonds is 2. The molecule has 1 aromatic rings. The minimum absolute atomic E-state index is 0.0246. The SMILES string of the molecule is CCC(=O)NCC#Cc1ccc(F)cc1. The third-order valence-corrected chi connectivity index (χ3v) is 1.77. The fourth-order valence-electron chi connectivity index (χ4n) is 0.947. The summed E-state index contributed by atoms with van der Waals surface area (Å²) in [5, 5.41) is 2.63. The molecule has 78 valence electrons. The summed E-state index contributed by atoms with van der Waals surface area (Å²) < 4.78 is 12.5. The van der Waals surface area contributed by atoms with Crippen molar-refractivity contribution in [3.8, 4) is 11.8 Å². The minimum atomic E-state index is -0.278. The lowest BCUT2D eigenvalue weighted by atomic mass is 10.2. The molecule has 0 heterocycles. The summed E-state index contributed by atoms with van der Waals surface area (Å²) in [5.74, 6) is 5.30. The summed E-state index contributed by atoms with van der Waals surface area (Å²) in [6, 6.07) is 5.91. The number of halogens is 1. The molecule has 1 amide bonds. The molecule has 2 nitrogen and oxygen atoms in total. The molecule has 1 aromatic carbocycles. The number of carbonyl (C=O) groups excluding carboxylic acids is 1. The van der Waals surface area contributed by atoms with E-state index in [1.807, 2.05) is 0 Å². The van der Waals surface area contributed by atoms with Crippen molar-refractivity contribution in [2.75, 3.05) is 6.54 Å². The molecular formula is C12H12FNO. The van der Waals surface area contributed by atoms with Crippen LogP contribution >= 0.6 is 0 Å². The van der Waals surface area contributed by atoms with Crippen molar-refractivity contribution in [3.05, 3.63) is 35.6 Å². The van der Waals surface area contributed by atoms with Crippen LogP contribution in [0.5, 0.6) is 0 Å². The van der Waals surface area contributed by atoms with Crippen molar-refractivity contribution in [2.45, 2.75) is 13.3 Å². The Kier molecular flexibility index (Phi) is 4.36. The van der Waals surface area contributed by atoms with E-state index >= 15 is 0 Å². The number of nitrogens with one attached hydrogen (secondary N) is 1.